The molecule has 4 rings (SSSR count). The zero-order valence-corrected chi connectivity index (χ0v) is 19.1. The minimum Gasteiger partial charge on any atom is -0.368 e. The Morgan fingerprint density at radius 1 is 1.09 bits per heavy atom. The molecule has 0 spiro atoms. The maximum Gasteiger partial charge on any atom is 0.416 e. The first-order valence-electron chi connectivity index (χ1n) is 11.2. The van der Waals surface area contributed by atoms with Crippen LogP contribution in [-0.4, -0.2) is 41.6 Å². The number of halogens is 3. The van der Waals surface area contributed by atoms with Crippen LogP contribution in [0.5, 0.6) is 0 Å². The van der Waals surface area contributed by atoms with Crippen LogP contribution in [0, 0.1) is 5.92 Å². The van der Waals surface area contributed by atoms with Gasteiger partial charge in [0.1, 0.15) is 5.70 Å². The molecule has 1 amide bonds. The summed E-state index contributed by atoms with van der Waals surface area (Å²) in [6, 6.07) is 14.2. The maximum atomic E-state index is 13.8. The number of benzene rings is 2. The summed E-state index contributed by atoms with van der Waals surface area (Å²) in [7, 11) is 1.86. The fourth-order valence-electron chi connectivity index (χ4n) is 4.59. The van der Waals surface area contributed by atoms with Gasteiger partial charge in [-0.1, -0.05) is 56.3 Å². The number of amides is 1. The predicted molar refractivity (Wildman–Crippen MR) is 123 cm³/mol. The summed E-state index contributed by atoms with van der Waals surface area (Å²) < 4.78 is 40.7. The van der Waals surface area contributed by atoms with Gasteiger partial charge < -0.3 is 9.80 Å². The highest BCUT2D eigenvalue weighted by Crippen LogP contribution is 2.43. The van der Waals surface area contributed by atoms with Gasteiger partial charge >= 0.3 is 6.18 Å². The van der Waals surface area contributed by atoms with Crippen molar-refractivity contribution < 1.29 is 18.0 Å². The Bertz CT molecular complexity index is 1090. The Balaban J connectivity index is 1.88. The van der Waals surface area contributed by atoms with Gasteiger partial charge in [0.05, 0.1) is 18.2 Å². The molecule has 0 bridgehead atoms. The summed E-state index contributed by atoms with van der Waals surface area (Å²) in [5.74, 6) is 0.124. The summed E-state index contributed by atoms with van der Waals surface area (Å²) in [6.07, 6.45) is -3.80. The normalized spacial score (nSPS) is 19.2. The van der Waals surface area contributed by atoms with Crippen molar-refractivity contribution >= 4 is 11.6 Å². The van der Waals surface area contributed by atoms with Gasteiger partial charge in [-0.05, 0) is 35.6 Å². The standard InChI is InChI=1S/C26H28F3N3O/c1-17(2)14-21-22-23(19-10-7-11-20(15-19)26(27,28)29)32(16-18-8-5-4-6-9-18)25(33)24(22)31(3)13-12-30-21/h4-11,15,17,23H,12-14,16H2,1-3H3. The van der Waals surface area contributed by atoms with Crippen LogP contribution in [0.15, 0.2) is 70.9 Å². The lowest BCUT2D eigenvalue weighted by Gasteiger charge is -2.29. The molecule has 0 saturated heterocycles. The van der Waals surface area contributed by atoms with E-state index < -0.39 is 17.8 Å². The minimum absolute atomic E-state index is 0.169. The first-order valence-corrected chi connectivity index (χ1v) is 11.2. The van der Waals surface area contributed by atoms with Gasteiger partial charge in [0.2, 0.25) is 0 Å². The van der Waals surface area contributed by atoms with Gasteiger partial charge in [-0.15, -0.1) is 0 Å². The first kappa shape index (κ1) is 23.1. The number of hydrogen-bond acceptors (Lipinski definition) is 3. The number of alkyl halides is 3. The average Bonchev–Trinajstić information content (AvgIpc) is 2.95. The molecular weight excluding hydrogens is 427 g/mol. The molecule has 0 saturated carbocycles. The molecule has 1 unspecified atom stereocenters. The molecular formula is C26H28F3N3O. The molecule has 0 N–H and O–H groups in total. The van der Waals surface area contributed by atoms with E-state index >= 15 is 0 Å². The molecule has 2 aliphatic rings. The van der Waals surface area contributed by atoms with Crippen LogP contribution < -0.4 is 0 Å². The summed E-state index contributed by atoms with van der Waals surface area (Å²) >= 11 is 0. The predicted octanol–water partition coefficient (Wildman–Crippen LogP) is 5.48. The SMILES string of the molecule is CC(C)CC1=NCCN(C)C2=C1C(c1cccc(C(F)(F)F)c1)N(Cc1ccccc1)C2=O. The van der Waals surface area contributed by atoms with Crippen LogP contribution in [0.3, 0.4) is 0 Å². The zero-order chi connectivity index (χ0) is 23.8. The van der Waals surface area contributed by atoms with Gasteiger partial charge in [0.25, 0.3) is 5.91 Å². The van der Waals surface area contributed by atoms with E-state index in [1.54, 1.807) is 11.0 Å². The van der Waals surface area contributed by atoms with E-state index in [4.69, 9.17) is 4.99 Å². The van der Waals surface area contributed by atoms with E-state index in [2.05, 4.69) is 13.8 Å². The lowest BCUT2D eigenvalue weighted by molar-refractivity contribution is -0.137. The van der Waals surface area contributed by atoms with Gasteiger partial charge in [-0.2, -0.15) is 13.2 Å². The molecule has 2 aromatic rings. The van der Waals surface area contributed by atoms with Gasteiger partial charge in [-0.3, -0.25) is 9.79 Å². The Labute approximate surface area is 192 Å². The topological polar surface area (TPSA) is 35.9 Å². The monoisotopic (exact) mass is 455 g/mol. The molecule has 1 atom stereocenters. The number of aliphatic imine (C=N–C) groups is 1. The van der Waals surface area contributed by atoms with Crippen LogP contribution >= 0.6 is 0 Å². The highest BCUT2D eigenvalue weighted by atomic mass is 19.4. The van der Waals surface area contributed by atoms with Crippen molar-refractivity contribution in [3.05, 3.63) is 82.6 Å². The Morgan fingerprint density at radius 3 is 2.48 bits per heavy atom. The van der Waals surface area contributed by atoms with Crippen molar-refractivity contribution in [1.82, 2.24) is 9.80 Å². The molecule has 2 heterocycles. The van der Waals surface area contributed by atoms with E-state index in [1.165, 1.54) is 12.1 Å². The maximum absolute atomic E-state index is 13.8. The Kier molecular flexibility index (Phi) is 6.32. The van der Waals surface area contributed by atoms with Crippen LogP contribution in [-0.2, 0) is 17.5 Å². The van der Waals surface area contributed by atoms with Gasteiger partial charge in [0.15, 0.2) is 0 Å². The van der Waals surface area contributed by atoms with E-state index in [0.717, 1.165) is 22.9 Å². The molecule has 0 aliphatic carbocycles. The number of carbonyl (C=O) groups excluding carboxylic acids is 1. The molecule has 2 aliphatic heterocycles. The second kappa shape index (κ2) is 9.04. The summed E-state index contributed by atoms with van der Waals surface area (Å²) in [5.41, 5.74) is 2.76. The second-order valence-corrected chi connectivity index (χ2v) is 9.05. The molecule has 33 heavy (non-hydrogen) atoms. The fourth-order valence-corrected chi connectivity index (χ4v) is 4.59. The van der Waals surface area contributed by atoms with Crippen molar-refractivity contribution in [2.75, 3.05) is 20.1 Å². The third kappa shape index (κ3) is 4.68. The first-order chi connectivity index (χ1) is 15.7. The third-order valence-electron chi connectivity index (χ3n) is 6.06. The quantitative estimate of drug-likeness (QED) is 0.599. The van der Waals surface area contributed by atoms with Crippen LogP contribution in [0.2, 0.25) is 0 Å². The fraction of sp³-hybridized carbons (Fsp3) is 0.385. The number of rotatable bonds is 5. The Hall–Kier alpha value is -3.09. The smallest absolute Gasteiger partial charge is 0.368 e. The van der Waals surface area contributed by atoms with Crippen LogP contribution in [0.25, 0.3) is 0 Å². The third-order valence-corrected chi connectivity index (χ3v) is 6.06. The highest BCUT2D eigenvalue weighted by Gasteiger charge is 2.44. The van der Waals surface area contributed by atoms with Crippen molar-refractivity contribution in [2.24, 2.45) is 10.9 Å². The number of hydrogen-bond donors (Lipinski definition) is 0. The largest absolute Gasteiger partial charge is 0.416 e. The van der Waals surface area contributed by atoms with E-state index in [0.29, 0.717) is 43.2 Å². The minimum atomic E-state index is -4.46. The van der Waals surface area contributed by atoms with Crippen LogP contribution in [0.1, 0.15) is 43.0 Å². The number of carbonyl (C=O) groups is 1. The molecule has 4 nitrogen and oxygen atoms in total. The lowest BCUT2D eigenvalue weighted by Crippen LogP contribution is -2.34. The molecule has 0 fully saturated rings. The summed E-state index contributed by atoms with van der Waals surface area (Å²) in [6.45, 7) is 5.59. The Morgan fingerprint density at radius 2 is 1.82 bits per heavy atom. The second-order valence-electron chi connectivity index (χ2n) is 9.05. The van der Waals surface area contributed by atoms with Gasteiger partial charge in [-0.25, -0.2) is 0 Å². The molecule has 0 aromatic heterocycles. The molecule has 174 valence electrons. The van der Waals surface area contributed by atoms with Crippen molar-refractivity contribution in [3.8, 4) is 0 Å². The van der Waals surface area contributed by atoms with Crippen LogP contribution in [0.4, 0.5) is 13.2 Å². The molecule has 0 radical (unpaired) electrons. The molecule has 7 heteroatoms. The highest BCUT2D eigenvalue weighted by molar-refractivity contribution is 6.12. The van der Waals surface area contributed by atoms with Crippen molar-refractivity contribution in [3.63, 3.8) is 0 Å². The van der Waals surface area contributed by atoms with Gasteiger partial charge in [0, 0.05) is 31.4 Å². The number of nitrogens with zero attached hydrogens (tertiary/aromatic N) is 3. The lowest BCUT2D eigenvalue weighted by atomic mass is 9.90. The summed E-state index contributed by atoms with van der Waals surface area (Å²) in [4.78, 5) is 22.1. The van der Waals surface area contributed by atoms with E-state index in [9.17, 15) is 18.0 Å². The summed E-state index contributed by atoms with van der Waals surface area (Å²) in [5, 5.41) is 0. The van der Waals surface area contributed by atoms with Crippen molar-refractivity contribution in [1.29, 1.82) is 0 Å². The number of likely N-dealkylation sites (N-methyl/N-ethyl adjacent to an activating group) is 1. The average molecular weight is 456 g/mol. The van der Waals surface area contributed by atoms with Crippen molar-refractivity contribution in [2.45, 2.75) is 39.0 Å². The molecule has 2 aromatic carbocycles. The van der Waals surface area contributed by atoms with E-state index in [-0.39, 0.29) is 5.91 Å². The van der Waals surface area contributed by atoms with E-state index in [1.807, 2.05) is 42.3 Å². The zero-order valence-electron chi connectivity index (χ0n) is 19.1.